The molecule has 1 nitrogen and oxygen atoms in total. The van der Waals surface area contributed by atoms with Crippen LogP contribution in [0.15, 0.2) is 24.3 Å². The van der Waals surface area contributed by atoms with E-state index in [1.807, 2.05) is 0 Å². The van der Waals surface area contributed by atoms with Crippen LogP contribution in [0.5, 0.6) is 0 Å². The largest absolute Gasteiger partial charge is 0.310 e. The Kier molecular flexibility index (Phi) is 27.4. The highest BCUT2D eigenvalue weighted by Gasteiger charge is 2.20. The van der Waals surface area contributed by atoms with Crippen molar-refractivity contribution in [2.45, 2.75) is 238 Å². The van der Waals surface area contributed by atoms with E-state index in [2.05, 4.69) is 43.4 Å². The number of nitrogens with one attached hydrogen (secondary N) is 1. The molecule has 0 spiro atoms. The smallest absolute Gasteiger partial charge is 0.0320 e. The Hall–Kier alpha value is -0.820. The van der Waals surface area contributed by atoms with Gasteiger partial charge in [0.15, 0.2) is 0 Å². The van der Waals surface area contributed by atoms with Crippen LogP contribution in [0.25, 0.3) is 0 Å². The molecule has 0 heterocycles. The third-order valence-corrected chi connectivity index (χ3v) is 10.9. The van der Waals surface area contributed by atoms with E-state index in [-0.39, 0.29) is 0 Å². The summed E-state index contributed by atoms with van der Waals surface area (Å²) < 4.78 is 0. The van der Waals surface area contributed by atoms with Crippen molar-refractivity contribution in [3.8, 4) is 0 Å². The van der Waals surface area contributed by atoms with Crippen LogP contribution in [0.2, 0.25) is 0 Å². The Morgan fingerprint density at radius 3 is 1.13 bits per heavy atom. The Morgan fingerprint density at radius 2 is 0.733 bits per heavy atom. The predicted octanol–water partition coefficient (Wildman–Crippen LogP) is 15.3. The summed E-state index contributed by atoms with van der Waals surface area (Å²) in [4.78, 5) is 0. The summed E-state index contributed by atoms with van der Waals surface area (Å²) in [6.07, 6.45) is 47.5. The monoisotopic (exact) mass is 624 g/mol. The lowest BCUT2D eigenvalue weighted by Gasteiger charge is -2.27. The fraction of sp³-hybridized carbons (Fsp3) is 0.864. The quantitative estimate of drug-likeness (QED) is 0.0768. The molecule has 0 fully saturated rings. The number of hydrogen-bond donors (Lipinski definition) is 1. The molecule has 0 saturated heterocycles. The van der Waals surface area contributed by atoms with Gasteiger partial charge in [-0.25, -0.2) is 0 Å². The molecule has 0 aromatic heterocycles. The molecule has 1 heteroatoms. The van der Waals surface area contributed by atoms with Crippen molar-refractivity contribution in [3.63, 3.8) is 0 Å². The number of rotatable bonds is 33. The van der Waals surface area contributed by atoms with Gasteiger partial charge in [-0.05, 0) is 49.3 Å². The molecule has 1 N–H and O–H groups in total. The molecule has 3 rings (SSSR count). The fourth-order valence-corrected chi connectivity index (χ4v) is 7.77. The number of unbranched alkanes of at least 4 members (excludes halogenated alkanes) is 28. The topological polar surface area (TPSA) is 12.0 Å². The van der Waals surface area contributed by atoms with Crippen LogP contribution in [-0.4, -0.2) is 6.54 Å². The van der Waals surface area contributed by atoms with Crippen molar-refractivity contribution in [1.29, 1.82) is 0 Å². The van der Waals surface area contributed by atoms with E-state index in [1.165, 1.54) is 224 Å². The molecule has 2 unspecified atom stereocenters. The van der Waals surface area contributed by atoms with Gasteiger partial charge < -0.3 is 5.32 Å². The van der Waals surface area contributed by atoms with Gasteiger partial charge in [0.05, 0.1) is 0 Å². The standard InChI is InChI=1S/C44H81N/c1-3-5-7-9-11-13-15-17-18-19-20-22-24-26-28-30-32-40-45-44-39-38-41(42-34-36-43(44)37-35-42)33-31-29-27-25-23-21-16-14-12-10-8-6-4-2/h34-37,41,44-45H,3-33,38-40H2,1-2H3. The van der Waals surface area contributed by atoms with E-state index in [0.29, 0.717) is 6.04 Å². The van der Waals surface area contributed by atoms with Gasteiger partial charge in [0.2, 0.25) is 0 Å². The molecule has 0 radical (unpaired) electrons. The lowest BCUT2D eigenvalue weighted by atomic mass is 9.83. The summed E-state index contributed by atoms with van der Waals surface area (Å²) in [7, 11) is 0. The predicted molar refractivity (Wildman–Crippen MR) is 204 cm³/mol. The highest BCUT2D eigenvalue weighted by atomic mass is 14.9. The van der Waals surface area contributed by atoms with Gasteiger partial charge in [0, 0.05) is 6.04 Å². The summed E-state index contributed by atoms with van der Waals surface area (Å²) >= 11 is 0. The second-order valence-corrected chi connectivity index (χ2v) is 15.1. The number of hydrogen-bond acceptors (Lipinski definition) is 1. The van der Waals surface area contributed by atoms with Gasteiger partial charge >= 0.3 is 0 Å². The van der Waals surface area contributed by atoms with Crippen LogP contribution in [0.1, 0.15) is 249 Å². The zero-order chi connectivity index (χ0) is 31.9. The van der Waals surface area contributed by atoms with Crippen LogP contribution < -0.4 is 5.32 Å². The Morgan fingerprint density at radius 1 is 0.400 bits per heavy atom. The Bertz CT molecular complexity index is 723. The number of benzene rings is 1. The van der Waals surface area contributed by atoms with E-state index in [4.69, 9.17) is 0 Å². The molecule has 262 valence electrons. The van der Waals surface area contributed by atoms with Crippen LogP contribution >= 0.6 is 0 Å². The van der Waals surface area contributed by atoms with Crippen molar-refractivity contribution in [1.82, 2.24) is 5.32 Å². The maximum absolute atomic E-state index is 3.96. The molecule has 1 aromatic carbocycles. The van der Waals surface area contributed by atoms with Crippen LogP contribution in [0.4, 0.5) is 0 Å². The highest BCUT2D eigenvalue weighted by Crippen LogP contribution is 2.35. The van der Waals surface area contributed by atoms with Gasteiger partial charge in [-0.3, -0.25) is 0 Å². The summed E-state index contributed by atoms with van der Waals surface area (Å²) in [5, 5.41) is 3.96. The molecule has 2 aliphatic carbocycles. The third-order valence-electron chi connectivity index (χ3n) is 10.9. The molecular weight excluding hydrogens is 542 g/mol. The molecule has 0 aliphatic heterocycles. The van der Waals surface area contributed by atoms with E-state index in [0.717, 1.165) is 5.92 Å². The van der Waals surface area contributed by atoms with E-state index in [9.17, 15) is 0 Å². The van der Waals surface area contributed by atoms with E-state index in [1.54, 1.807) is 5.56 Å². The maximum atomic E-state index is 3.96. The van der Waals surface area contributed by atoms with Gasteiger partial charge in [-0.2, -0.15) is 0 Å². The number of fused-ring (bicyclic) bond motifs is 5. The summed E-state index contributed by atoms with van der Waals surface area (Å²) in [5.74, 6) is 0.775. The first-order valence-electron chi connectivity index (χ1n) is 21.2. The first-order chi connectivity index (χ1) is 22.3. The second kappa shape index (κ2) is 30.5. The minimum absolute atomic E-state index is 0.564. The molecule has 0 saturated carbocycles. The minimum Gasteiger partial charge on any atom is -0.310 e. The second-order valence-electron chi connectivity index (χ2n) is 15.1. The van der Waals surface area contributed by atoms with Crippen LogP contribution in [-0.2, 0) is 0 Å². The van der Waals surface area contributed by atoms with E-state index < -0.39 is 0 Å². The summed E-state index contributed by atoms with van der Waals surface area (Å²) in [5.41, 5.74) is 3.12. The first-order valence-corrected chi connectivity index (χ1v) is 21.2. The van der Waals surface area contributed by atoms with Crippen molar-refractivity contribution >= 4 is 0 Å². The molecule has 2 bridgehead atoms. The maximum Gasteiger partial charge on any atom is 0.0320 e. The van der Waals surface area contributed by atoms with Crippen LogP contribution in [0, 0.1) is 0 Å². The molecule has 0 amide bonds. The average molecular weight is 624 g/mol. The Balaban J connectivity index is 1.39. The molecule has 2 atom stereocenters. The minimum atomic E-state index is 0.564. The molecule has 1 aromatic rings. The van der Waals surface area contributed by atoms with Crippen molar-refractivity contribution in [2.75, 3.05) is 6.54 Å². The Labute approximate surface area is 284 Å². The van der Waals surface area contributed by atoms with Crippen molar-refractivity contribution in [2.24, 2.45) is 0 Å². The van der Waals surface area contributed by atoms with Crippen LogP contribution in [0.3, 0.4) is 0 Å². The molecule has 2 aliphatic rings. The van der Waals surface area contributed by atoms with E-state index >= 15 is 0 Å². The zero-order valence-electron chi connectivity index (χ0n) is 31.0. The normalized spacial score (nSPS) is 16.3. The summed E-state index contributed by atoms with van der Waals surface area (Å²) in [6, 6.07) is 10.3. The van der Waals surface area contributed by atoms with Crippen molar-refractivity contribution in [3.05, 3.63) is 35.4 Å². The lowest BCUT2D eigenvalue weighted by Crippen LogP contribution is -2.24. The van der Waals surface area contributed by atoms with Gasteiger partial charge in [-0.1, -0.05) is 224 Å². The zero-order valence-corrected chi connectivity index (χ0v) is 31.0. The molecular formula is C44H81N. The summed E-state index contributed by atoms with van der Waals surface area (Å²) in [6.45, 7) is 5.81. The van der Waals surface area contributed by atoms with Gasteiger partial charge in [0.25, 0.3) is 0 Å². The average Bonchev–Trinajstić information content (AvgIpc) is 3.05. The van der Waals surface area contributed by atoms with Crippen molar-refractivity contribution < 1.29 is 0 Å². The first kappa shape index (κ1) is 40.4. The fourth-order valence-electron chi connectivity index (χ4n) is 7.77. The molecule has 45 heavy (non-hydrogen) atoms. The lowest BCUT2D eigenvalue weighted by molar-refractivity contribution is 0.422. The SMILES string of the molecule is CCCCCCCCCCCCCCCCCCCNC1CCC(CCCCCCCCCCCCCCC)c2ccc1cc2. The van der Waals surface area contributed by atoms with Gasteiger partial charge in [0.1, 0.15) is 0 Å². The van der Waals surface area contributed by atoms with Gasteiger partial charge in [-0.15, -0.1) is 0 Å². The third kappa shape index (κ3) is 22.4. The highest BCUT2D eigenvalue weighted by molar-refractivity contribution is 5.29.